The van der Waals surface area contributed by atoms with E-state index in [1.165, 1.54) is 0 Å². The van der Waals surface area contributed by atoms with Crippen LogP contribution in [0.5, 0.6) is 0 Å². The van der Waals surface area contributed by atoms with Crippen LogP contribution < -0.4 is 0 Å². The normalized spacial score (nSPS) is 38.8. The van der Waals surface area contributed by atoms with E-state index in [1.807, 2.05) is 6.92 Å². The molecule has 2 aliphatic rings. The van der Waals surface area contributed by atoms with Gasteiger partial charge < -0.3 is 9.84 Å². The van der Waals surface area contributed by atoms with Crippen LogP contribution in [0.2, 0.25) is 0 Å². The minimum absolute atomic E-state index is 0.339. The fourth-order valence-corrected chi connectivity index (χ4v) is 1.96. The molecule has 13 heavy (non-hydrogen) atoms. The molecule has 2 fully saturated rings. The highest BCUT2D eigenvalue weighted by Gasteiger charge is 2.54. The Balaban J connectivity index is 2.13. The van der Waals surface area contributed by atoms with E-state index in [-0.39, 0.29) is 0 Å². The van der Waals surface area contributed by atoms with E-state index >= 15 is 0 Å². The average molecular weight is 184 g/mol. The van der Waals surface area contributed by atoms with E-state index in [9.17, 15) is 9.59 Å². The van der Waals surface area contributed by atoms with Crippen molar-refractivity contribution in [3.05, 3.63) is 0 Å². The second-order valence-electron chi connectivity index (χ2n) is 4.10. The molecular weight excluding hydrogens is 172 g/mol. The van der Waals surface area contributed by atoms with Gasteiger partial charge in [-0.15, -0.1) is 0 Å². The quantitative estimate of drug-likeness (QED) is 0.509. The van der Waals surface area contributed by atoms with Gasteiger partial charge >= 0.3 is 11.9 Å². The highest BCUT2D eigenvalue weighted by atomic mass is 16.6. The maximum atomic E-state index is 11.2. The van der Waals surface area contributed by atoms with Crippen LogP contribution in [0, 0.1) is 11.8 Å². The number of ether oxygens (including phenoxy) is 1. The zero-order chi connectivity index (χ0) is 9.64. The van der Waals surface area contributed by atoms with Gasteiger partial charge in [-0.2, -0.15) is 0 Å². The summed E-state index contributed by atoms with van der Waals surface area (Å²) in [4.78, 5) is 21.8. The van der Waals surface area contributed by atoms with Gasteiger partial charge in [0.25, 0.3) is 0 Å². The lowest BCUT2D eigenvalue weighted by molar-refractivity contribution is -0.156. The Morgan fingerprint density at radius 1 is 1.62 bits per heavy atom. The van der Waals surface area contributed by atoms with Gasteiger partial charge in [0.2, 0.25) is 0 Å². The summed E-state index contributed by atoms with van der Waals surface area (Å²) in [5.41, 5.74) is -0.500. The summed E-state index contributed by atoms with van der Waals surface area (Å²) in [6.07, 6.45) is 2.44. The van der Waals surface area contributed by atoms with Crippen LogP contribution in [0.1, 0.15) is 26.2 Å². The van der Waals surface area contributed by atoms with Crippen LogP contribution in [0.3, 0.4) is 0 Å². The van der Waals surface area contributed by atoms with Crippen molar-refractivity contribution in [3.8, 4) is 0 Å². The first-order valence-corrected chi connectivity index (χ1v) is 4.48. The van der Waals surface area contributed by atoms with Crippen LogP contribution in [-0.2, 0) is 14.3 Å². The lowest BCUT2D eigenvalue weighted by atomic mass is 9.91. The molecule has 0 spiro atoms. The number of hydrogen-bond acceptors (Lipinski definition) is 3. The molecule has 0 radical (unpaired) electrons. The molecule has 0 aromatic rings. The van der Waals surface area contributed by atoms with Gasteiger partial charge in [-0.05, 0) is 25.7 Å². The molecule has 0 bridgehead atoms. The number of rotatable bonds is 2. The standard InChI is InChI=1S/C9H12O4/c1-9(5-2-3-5)4-6(7(10)11)8(12)13-9/h5-6H,2-4H2,1H3,(H,10,11)/t6-,9+/m0/s1. The molecule has 0 aromatic heterocycles. The summed E-state index contributed by atoms with van der Waals surface area (Å²) < 4.78 is 5.13. The number of carboxylic acids is 1. The summed E-state index contributed by atoms with van der Waals surface area (Å²) in [5, 5.41) is 8.72. The highest BCUT2D eigenvalue weighted by molar-refractivity contribution is 5.95. The number of carbonyl (C=O) groups is 2. The van der Waals surface area contributed by atoms with Crippen molar-refractivity contribution >= 4 is 11.9 Å². The van der Waals surface area contributed by atoms with Crippen molar-refractivity contribution in [3.63, 3.8) is 0 Å². The largest absolute Gasteiger partial charge is 0.481 e. The predicted molar refractivity (Wildman–Crippen MR) is 43.0 cm³/mol. The molecule has 1 aliphatic heterocycles. The molecule has 0 unspecified atom stereocenters. The van der Waals surface area contributed by atoms with Crippen molar-refractivity contribution in [2.75, 3.05) is 0 Å². The summed E-state index contributed by atoms with van der Waals surface area (Å²) in [6, 6.07) is 0. The molecule has 1 saturated carbocycles. The number of carbonyl (C=O) groups excluding carboxylic acids is 1. The summed E-state index contributed by atoms with van der Waals surface area (Å²) in [7, 11) is 0. The smallest absolute Gasteiger partial charge is 0.321 e. The van der Waals surface area contributed by atoms with Gasteiger partial charge in [-0.1, -0.05) is 0 Å². The molecule has 0 amide bonds. The SMILES string of the molecule is C[C@]1(C2CC2)C[C@@H](C(=O)O)C(=O)O1. The highest BCUT2D eigenvalue weighted by Crippen LogP contribution is 2.48. The van der Waals surface area contributed by atoms with Gasteiger partial charge in [0.15, 0.2) is 5.92 Å². The third kappa shape index (κ3) is 1.30. The molecule has 2 atom stereocenters. The first-order valence-electron chi connectivity index (χ1n) is 4.48. The Morgan fingerprint density at radius 2 is 2.23 bits per heavy atom. The number of cyclic esters (lactones) is 1. The first-order chi connectivity index (χ1) is 6.03. The molecule has 4 nitrogen and oxygen atoms in total. The Morgan fingerprint density at radius 3 is 2.62 bits per heavy atom. The molecule has 1 aliphatic carbocycles. The van der Waals surface area contributed by atoms with Crippen molar-refractivity contribution in [2.45, 2.75) is 31.8 Å². The van der Waals surface area contributed by atoms with E-state index in [2.05, 4.69) is 0 Å². The molecule has 4 heteroatoms. The van der Waals surface area contributed by atoms with Crippen molar-refractivity contribution < 1.29 is 19.4 Å². The third-order valence-corrected chi connectivity index (χ3v) is 2.97. The molecular formula is C9H12O4. The third-order valence-electron chi connectivity index (χ3n) is 2.97. The van der Waals surface area contributed by atoms with Crippen molar-refractivity contribution in [2.24, 2.45) is 11.8 Å². The molecule has 72 valence electrons. The maximum Gasteiger partial charge on any atom is 0.321 e. The van der Waals surface area contributed by atoms with Gasteiger partial charge in [0.05, 0.1) is 0 Å². The summed E-state index contributed by atoms with van der Waals surface area (Å²) in [5.74, 6) is -2.18. The minimum Gasteiger partial charge on any atom is -0.481 e. The van der Waals surface area contributed by atoms with E-state index in [0.29, 0.717) is 12.3 Å². The van der Waals surface area contributed by atoms with Crippen LogP contribution in [0.4, 0.5) is 0 Å². The zero-order valence-corrected chi connectivity index (χ0v) is 7.45. The Kier molecular flexibility index (Phi) is 1.62. The lowest BCUT2D eigenvalue weighted by Crippen LogP contribution is -2.26. The fraction of sp³-hybridized carbons (Fsp3) is 0.778. The molecule has 1 heterocycles. The number of hydrogen-bond donors (Lipinski definition) is 1. The Labute approximate surface area is 75.9 Å². The van der Waals surface area contributed by atoms with Gasteiger partial charge in [-0.25, -0.2) is 0 Å². The number of carboxylic acid groups (broad SMARTS) is 1. The maximum absolute atomic E-state index is 11.2. The minimum atomic E-state index is -1.06. The van der Waals surface area contributed by atoms with Crippen LogP contribution in [-0.4, -0.2) is 22.6 Å². The van der Waals surface area contributed by atoms with Gasteiger partial charge in [0, 0.05) is 6.42 Å². The molecule has 1 N–H and O–H groups in total. The van der Waals surface area contributed by atoms with E-state index in [0.717, 1.165) is 12.8 Å². The first kappa shape index (κ1) is 8.53. The number of esters is 1. The summed E-state index contributed by atoms with van der Waals surface area (Å²) in [6.45, 7) is 1.84. The van der Waals surface area contributed by atoms with Crippen molar-refractivity contribution in [1.82, 2.24) is 0 Å². The Hall–Kier alpha value is -1.06. The lowest BCUT2D eigenvalue weighted by Gasteiger charge is -2.21. The molecule has 0 aromatic carbocycles. The topological polar surface area (TPSA) is 63.6 Å². The Bertz CT molecular complexity index is 269. The van der Waals surface area contributed by atoms with Crippen LogP contribution in [0.25, 0.3) is 0 Å². The zero-order valence-electron chi connectivity index (χ0n) is 7.45. The average Bonchev–Trinajstić information content (AvgIpc) is 2.78. The second-order valence-corrected chi connectivity index (χ2v) is 4.10. The van der Waals surface area contributed by atoms with Crippen LogP contribution >= 0.6 is 0 Å². The monoisotopic (exact) mass is 184 g/mol. The summed E-state index contributed by atoms with van der Waals surface area (Å²) >= 11 is 0. The van der Waals surface area contributed by atoms with Gasteiger partial charge in [0.1, 0.15) is 5.60 Å². The van der Waals surface area contributed by atoms with E-state index in [4.69, 9.17) is 9.84 Å². The van der Waals surface area contributed by atoms with E-state index < -0.39 is 23.5 Å². The number of aliphatic carboxylic acids is 1. The fourth-order valence-electron chi connectivity index (χ4n) is 1.96. The van der Waals surface area contributed by atoms with Gasteiger partial charge in [-0.3, -0.25) is 9.59 Å². The van der Waals surface area contributed by atoms with Crippen molar-refractivity contribution in [1.29, 1.82) is 0 Å². The van der Waals surface area contributed by atoms with E-state index in [1.54, 1.807) is 0 Å². The predicted octanol–water partition coefficient (Wildman–Crippen LogP) is 0.803. The second kappa shape index (κ2) is 2.47. The molecule has 1 saturated heterocycles. The molecule has 2 rings (SSSR count). The van der Waals surface area contributed by atoms with Crippen LogP contribution in [0.15, 0.2) is 0 Å².